The van der Waals surface area contributed by atoms with Crippen LogP contribution in [0.15, 0.2) is 12.2 Å². The van der Waals surface area contributed by atoms with E-state index >= 15 is 0 Å². The Labute approximate surface area is 79.6 Å². The lowest BCUT2D eigenvalue weighted by molar-refractivity contribution is 0.816. The van der Waals surface area contributed by atoms with Crippen LogP contribution in [-0.2, 0) is 0 Å². The Hall–Kier alpha value is 0.320. The van der Waals surface area contributed by atoms with Crippen molar-refractivity contribution in [2.75, 3.05) is 0 Å². The van der Waals surface area contributed by atoms with Crippen molar-refractivity contribution < 1.29 is 0 Å². The van der Waals surface area contributed by atoms with Gasteiger partial charge >= 0.3 is 0 Å². The van der Waals surface area contributed by atoms with Gasteiger partial charge in [-0.3, -0.25) is 0 Å². The van der Waals surface area contributed by atoms with E-state index < -0.39 is 0 Å². The zero-order chi connectivity index (χ0) is 8.69. The molecule has 0 aromatic rings. The Morgan fingerprint density at radius 2 is 1.64 bits per heavy atom. The molecule has 0 bridgehead atoms. The lowest BCUT2D eigenvalue weighted by Gasteiger charge is -2.01. The van der Waals surface area contributed by atoms with Gasteiger partial charge in [0.05, 0.1) is 10.8 Å². The number of allylic oxidation sites excluding steroid dienone is 2. The predicted molar refractivity (Wildman–Crippen MR) is 53.6 cm³/mol. The van der Waals surface area contributed by atoms with E-state index in [1.807, 2.05) is 12.2 Å². The van der Waals surface area contributed by atoms with Crippen molar-refractivity contribution in [3.8, 4) is 0 Å². The topological polar surface area (TPSA) is 0 Å². The van der Waals surface area contributed by atoms with Crippen LogP contribution in [0.5, 0.6) is 0 Å². The molecule has 0 heterocycles. The molecule has 2 atom stereocenters. The first-order valence-corrected chi connectivity index (χ1v) is 5.04. The summed E-state index contributed by atoms with van der Waals surface area (Å²) in [6.45, 7) is 4.19. The summed E-state index contributed by atoms with van der Waals surface area (Å²) in [6, 6.07) is 0. The number of rotatable bonds is 5. The fourth-order valence-corrected chi connectivity index (χ4v) is 1.14. The van der Waals surface area contributed by atoms with Gasteiger partial charge in [-0.1, -0.05) is 32.4 Å². The first kappa shape index (κ1) is 11.3. The molecular formula is C9H16Cl2. The Morgan fingerprint density at radius 1 is 1.09 bits per heavy atom. The normalized spacial score (nSPS) is 17.1. The number of hydrogen-bond donors (Lipinski definition) is 0. The summed E-state index contributed by atoms with van der Waals surface area (Å²) in [5, 5.41) is 0.306. The second-order valence-electron chi connectivity index (χ2n) is 2.61. The van der Waals surface area contributed by atoms with E-state index in [4.69, 9.17) is 23.2 Å². The molecule has 0 aromatic heterocycles. The van der Waals surface area contributed by atoms with Gasteiger partial charge in [0, 0.05) is 0 Å². The molecule has 2 heteroatoms. The third kappa shape index (κ3) is 6.71. The van der Waals surface area contributed by atoms with Crippen LogP contribution in [0.4, 0.5) is 0 Å². The Kier molecular flexibility index (Phi) is 7.20. The van der Waals surface area contributed by atoms with Gasteiger partial charge in [0.2, 0.25) is 0 Å². The van der Waals surface area contributed by atoms with Gasteiger partial charge in [0.25, 0.3) is 0 Å². The van der Waals surface area contributed by atoms with Gasteiger partial charge in [-0.15, -0.1) is 23.2 Å². The minimum atomic E-state index is 0.146. The van der Waals surface area contributed by atoms with Crippen LogP contribution in [0.2, 0.25) is 0 Å². The molecule has 0 aliphatic heterocycles. The summed E-state index contributed by atoms with van der Waals surface area (Å²) in [5.41, 5.74) is 0. The second kappa shape index (κ2) is 7.00. The highest BCUT2D eigenvalue weighted by Gasteiger charge is 1.98. The number of halogens is 2. The third-order valence-corrected chi connectivity index (χ3v) is 2.30. The molecule has 0 spiro atoms. The van der Waals surface area contributed by atoms with Crippen LogP contribution in [0.25, 0.3) is 0 Å². The van der Waals surface area contributed by atoms with Gasteiger partial charge < -0.3 is 0 Å². The fraction of sp³-hybridized carbons (Fsp3) is 0.778. The smallest absolute Gasteiger partial charge is 0.0516 e. The van der Waals surface area contributed by atoms with E-state index in [1.165, 1.54) is 0 Å². The van der Waals surface area contributed by atoms with Crippen LogP contribution in [-0.4, -0.2) is 10.8 Å². The summed E-state index contributed by atoms with van der Waals surface area (Å²) < 4.78 is 0. The van der Waals surface area contributed by atoms with E-state index in [0.717, 1.165) is 19.3 Å². The molecule has 0 aliphatic carbocycles. The monoisotopic (exact) mass is 194 g/mol. The summed E-state index contributed by atoms with van der Waals surface area (Å²) in [4.78, 5) is 0. The van der Waals surface area contributed by atoms with Crippen LogP contribution in [0, 0.1) is 0 Å². The number of hydrogen-bond acceptors (Lipinski definition) is 0. The van der Waals surface area contributed by atoms with Gasteiger partial charge in [-0.2, -0.15) is 0 Å². The largest absolute Gasteiger partial charge is 0.118 e. The average Bonchev–Trinajstić information content (AvgIpc) is 2.01. The van der Waals surface area contributed by atoms with E-state index in [1.54, 1.807) is 0 Å². The molecule has 11 heavy (non-hydrogen) atoms. The van der Waals surface area contributed by atoms with Crippen molar-refractivity contribution >= 4 is 23.2 Å². The third-order valence-electron chi connectivity index (χ3n) is 1.48. The minimum absolute atomic E-state index is 0.146. The molecule has 0 fully saturated rings. The van der Waals surface area contributed by atoms with Crippen LogP contribution < -0.4 is 0 Å². The fourth-order valence-electron chi connectivity index (χ4n) is 0.749. The molecule has 66 valence electrons. The van der Waals surface area contributed by atoms with Crippen molar-refractivity contribution in [3.63, 3.8) is 0 Å². The molecule has 0 saturated heterocycles. The maximum atomic E-state index is 5.94. The SMILES string of the molecule is CCCC(Cl)C=CC(Cl)CC. The summed E-state index contributed by atoms with van der Waals surface area (Å²) in [6.07, 6.45) is 7.10. The maximum absolute atomic E-state index is 5.94. The molecular weight excluding hydrogens is 179 g/mol. The molecule has 0 radical (unpaired) electrons. The highest BCUT2D eigenvalue weighted by Crippen LogP contribution is 2.09. The second-order valence-corrected chi connectivity index (χ2v) is 3.73. The van der Waals surface area contributed by atoms with Gasteiger partial charge in [-0.05, 0) is 12.8 Å². The number of alkyl halides is 2. The van der Waals surface area contributed by atoms with Crippen molar-refractivity contribution in [2.24, 2.45) is 0 Å². The lowest BCUT2D eigenvalue weighted by atomic mass is 10.2. The van der Waals surface area contributed by atoms with Crippen LogP contribution >= 0.6 is 23.2 Å². The van der Waals surface area contributed by atoms with Gasteiger partial charge in [0.15, 0.2) is 0 Å². The Morgan fingerprint density at radius 3 is 2.09 bits per heavy atom. The van der Waals surface area contributed by atoms with Crippen LogP contribution in [0.3, 0.4) is 0 Å². The standard InChI is InChI=1S/C9H16Cl2/c1-3-5-9(11)7-6-8(10)4-2/h6-9H,3-5H2,1-2H3. The minimum Gasteiger partial charge on any atom is -0.118 e. The first-order valence-electron chi connectivity index (χ1n) is 4.17. The molecule has 0 aliphatic rings. The van der Waals surface area contributed by atoms with Crippen molar-refractivity contribution in [3.05, 3.63) is 12.2 Å². The molecule has 0 N–H and O–H groups in total. The predicted octanol–water partition coefficient (Wildman–Crippen LogP) is 3.97. The molecule has 2 unspecified atom stereocenters. The summed E-state index contributed by atoms with van der Waals surface area (Å²) in [7, 11) is 0. The van der Waals surface area contributed by atoms with E-state index in [9.17, 15) is 0 Å². The highest BCUT2D eigenvalue weighted by atomic mass is 35.5. The Balaban J connectivity index is 3.54. The lowest BCUT2D eigenvalue weighted by Crippen LogP contribution is -1.95. The Bertz CT molecular complexity index is 110. The van der Waals surface area contributed by atoms with E-state index in [0.29, 0.717) is 0 Å². The molecule has 0 nitrogen and oxygen atoms in total. The summed E-state index contributed by atoms with van der Waals surface area (Å²) in [5.74, 6) is 0. The maximum Gasteiger partial charge on any atom is 0.0516 e. The van der Waals surface area contributed by atoms with Crippen LogP contribution in [0.1, 0.15) is 33.1 Å². The van der Waals surface area contributed by atoms with Crippen molar-refractivity contribution in [1.29, 1.82) is 0 Å². The van der Waals surface area contributed by atoms with Crippen molar-refractivity contribution in [1.82, 2.24) is 0 Å². The van der Waals surface area contributed by atoms with Gasteiger partial charge in [0.1, 0.15) is 0 Å². The highest BCUT2D eigenvalue weighted by molar-refractivity contribution is 6.23. The van der Waals surface area contributed by atoms with Crippen molar-refractivity contribution in [2.45, 2.75) is 43.9 Å². The van der Waals surface area contributed by atoms with E-state index in [2.05, 4.69) is 13.8 Å². The zero-order valence-electron chi connectivity index (χ0n) is 7.19. The molecule has 0 saturated carbocycles. The molecule has 0 aromatic carbocycles. The van der Waals surface area contributed by atoms with E-state index in [-0.39, 0.29) is 10.8 Å². The summed E-state index contributed by atoms with van der Waals surface area (Å²) >= 11 is 11.8. The first-order chi connectivity index (χ1) is 5.20. The van der Waals surface area contributed by atoms with Gasteiger partial charge in [-0.25, -0.2) is 0 Å². The molecule has 0 amide bonds. The quantitative estimate of drug-likeness (QED) is 0.460. The molecule has 0 rings (SSSR count). The average molecular weight is 195 g/mol. The zero-order valence-corrected chi connectivity index (χ0v) is 8.70.